The first-order chi connectivity index (χ1) is 8.53. The smallest absolute Gasteiger partial charge is 0.242 e. The summed E-state index contributed by atoms with van der Waals surface area (Å²) in [7, 11) is -3.47. The Morgan fingerprint density at radius 1 is 1.44 bits per heavy atom. The Hall–Kier alpha value is 0.0500. The number of thiophene rings is 1. The van der Waals surface area contributed by atoms with Crippen LogP contribution in [0.15, 0.2) is 14.7 Å². The summed E-state index contributed by atoms with van der Waals surface area (Å²) in [6.45, 7) is 0.375. The molecule has 1 heterocycles. The van der Waals surface area contributed by atoms with Gasteiger partial charge in [0.05, 0.1) is 10.4 Å². The summed E-state index contributed by atoms with van der Waals surface area (Å²) in [6, 6.07) is 1.52. The van der Waals surface area contributed by atoms with Crippen molar-refractivity contribution in [2.24, 2.45) is 5.92 Å². The SMILES string of the molecule is O=S(=O)(NCC1CCCC1)c1cc(CO)sc1Br. The summed E-state index contributed by atoms with van der Waals surface area (Å²) < 4.78 is 27.5. The lowest BCUT2D eigenvalue weighted by molar-refractivity contribution is 0.285. The van der Waals surface area contributed by atoms with Crippen molar-refractivity contribution >= 4 is 37.3 Å². The number of nitrogens with one attached hydrogen (secondary N) is 1. The Morgan fingerprint density at radius 2 is 2.11 bits per heavy atom. The zero-order valence-electron chi connectivity index (χ0n) is 9.86. The lowest BCUT2D eigenvalue weighted by Crippen LogP contribution is -2.28. The molecule has 2 rings (SSSR count). The van der Waals surface area contributed by atoms with Gasteiger partial charge in [-0.15, -0.1) is 11.3 Å². The van der Waals surface area contributed by atoms with Crippen molar-refractivity contribution in [3.05, 3.63) is 14.7 Å². The van der Waals surface area contributed by atoms with Crippen LogP contribution in [0.4, 0.5) is 0 Å². The quantitative estimate of drug-likeness (QED) is 0.854. The monoisotopic (exact) mass is 353 g/mol. The van der Waals surface area contributed by atoms with E-state index in [2.05, 4.69) is 20.7 Å². The summed E-state index contributed by atoms with van der Waals surface area (Å²) >= 11 is 4.48. The van der Waals surface area contributed by atoms with Crippen molar-refractivity contribution in [1.29, 1.82) is 0 Å². The molecule has 1 aromatic heterocycles. The molecule has 1 aliphatic carbocycles. The number of aliphatic hydroxyl groups excluding tert-OH is 1. The lowest BCUT2D eigenvalue weighted by atomic mass is 10.1. The van der Waals surface area contributed by atoms with Crippen LogP contribution in [0.5, 0.6) is 0 Å². The number of halogens is 1. The molecule has 0 aromatic carbocycles. The van der Waals surface area contributed by atoms with Crippen LogP contribution in [0.2, 0.25) is 0 Å². The Kier molecular flexibility index (Phi) is 4.82. The van der Waals surface area contributed by atoms with Crippen LogP contribution in [-0.2, 0) is 16.6 Å². The van der Waals surface area contributed by atoms with Crippen molar-refractivity contribution in [3.8, 4) is 0 Å². The lowest BCUT2D eigenvalue weighted by Gasteiger charge is -2.10. The molecule has 7 heteroatoms. The van der Waals surface area contributed by atoms with Gasteiger partial charge in [0.1, 0.15) is 4.90 Å². The number of rotatable bonds is 5. The van der Waals surface area contributed by atoms with Crippen LogP contribution in [0.1, 0.15) is 30.6 Å². The predicted octanol–water partition coefficient (Wildman–Crippen LogP) is 2.47. The zero-order chi connectivity index (χ0) is 13.2. The number of sulfonamides is 1. The first-order valence-electron chi connectivity index (χ1n) is 5.91. The van der Waals surface area contributed by atoms with Crippen molar-refractivity contribution in [2.75, 3.05) is 6.54 Å². The van der Waals surface area contributed by atoms with E-state index in [0.717, 1.165) is 12.8 Å². The molecule has 0 spiro atoms. The fourth-order valence-electron chi connectivity index (χ4n) is 2.18. The first kappa shape index (κ1) is 14.5. The highest BCUT2D eigenvalue weighted by molar-refractivity contribution is 9.11. The van der Waals surface area contributed by atoms with Gasteiger partial charge in [0.2, 0.25) is 10.0 Å². The molecular weight excluding hydrogens is 338 g/mol. The summed E-state index contributed by atoms with van der Waals surface area (Å²) in [6.07, 6.45) is 4.61. The minimum Gasteiger partial charge on any atom is -0.391 e. The molecule has 0 saturated heterocycles. The largest absolute Gasteiger partial charge is 0.391 e. The highest BCUT2D eigenvalue weighted by atomic mass is 79.9. The van der Waals surface area contributed by atoms with E-state index in [1.54, 1.807) is 0 Å². The van der Waals surface area contributed by atoms with Gasteiger partial charge in [0, 0.05) is 11.4 Å². The van der Waals surface area contributed by atoms with Gasteiger partial charge in [-0.3, -0.25) is 0 Å². The molecule has 1 aliphatic rings. The third-order valence-electron chi connectivity index (χ3n) is 3.19. The standard InChI is InChI=1S/C11H16BrNO3S2/c12-11-10(5-9(7-14)17-11)18(15,16)13-6-8-3-1-2-4-8/h5,8,13-14H,1-4,6-7H2. The summed E-state index contributed by atoms with van der Waals surface area (Å²) in [5.41, 5.74) is 0. The molecule has 0 atom stereocenters. The third kappa shape index (κ3) is 3.33. The number of hydrogen-bond acceptors (Lipinski definition) is 4. The third-order valence-corrected chi connectivity index (χ3v) is 6.85. The average molecular weight is 354 g/mol. The van der Waals surface area contributed by atoms with E-state index in [1.165, 1.54) is 30.2 Å². The molecular formula is C11H16BrNO3S2. The summed E-state index contributed by atoms with van der Waals surface area (Å²) in [4.78, 5) is 0.873. The molecule has 0 radical (unpaired) electrons. The Bertz CT molecular complexity index is 506. The predicted molar refractivity (Wildman–Crippen MR) is 75.1 cm³/mol. The van der Waals surface area contributed by atoms with Gasteiger partial charge in [0.25, 0.3) is 0 Å². The maximum atomic E-state index is 12.1. The molecule has 4 nitrogen and oxygen atoms in total. The van der Waals surface area contributed by atoms with Crippen molar-refractivity contribution < 1.29 is 13.5 Å². The average Bonchev–Trinajstić information content (AvgIpc) is 2.95. The summed E-state index contributed by atoms with van der Waals surface area (Å²) in [5.74, 6) is 0.467. The molecule has 0 amide bonds. The van der Waals surface area contributed by atoms with E-state index in [9.17, 15) is 8.42 Å². The van der Waals surface area contributed by atoms with Gasteiger partial charge >= 0.3 is 0 Å². The summed E-state index contributed by atoms with van der Waals surface area (Å²) in [5, 5.41) is 9.02. The van der Waals surface area contributed by atoms with Gasteiger partial charge in [-0.25, -0.2) is 13.1 Å². The van der Waals surface area contributed by atoms with Crippen LogP contribution < -0.4 is 4.72 Å². The second-order valence-electron chi connectivity index (χ2n) is 4.51. The van der Waals surface area contributed by atoms with Crippen molar-refractivity contribution in [2.45, 2.75) is 37.2 Å². The van der Waals surface area contributed by atoms with Gasteiger partial charge in [-0.05, 0) is 40.8 Å². The van der Waals surface area contributed by atoms with Crippen LogP contribution in [0, 0.1) is 5.92 Å². The van der Waals surface area contributed by atoms with Gasteiger partial charge < -0.3 is 5.11 Å². The van der Waals surface area contributed by atoms with Crippen molar-refractivity contribution in [1.82, 2.24) is 4.72 Å². The normalized spacial score (nSPS) is 17.4. The molecule has 2 N–H and O–H groups in total. The van der Waals surface area contributed by atoms with Gasteiger partial charge in [-0.2, -0.15) is 0 Å². The van der Waals surface area contributed by atoms with Crippen LogP contribution in [0.3, 0.4) is 0 Å². The molecule has 18 heavy (non-hydrogen) atoms. The minimum atomic E-state index is -3.47. The molecule has 102 valence electrons. The fourth-order valence-corrected chi connectivity index (χ4v) is 5.84. The van der Waals surface area contributed by atoms with E-state index in [4.69, 9.17) is 5.11 Å². The molecule has 1 saturated carbocycles. The molecule has 0 aliphatic heterocycles. The van der Waals surface area contributed by atoms with E-state index >= 15 is 0 Å². The minimum absolute atomic E-state index is 0.137. The van der Waals surface area contributed by atoms with E-state index in [-0.39, 0.29) is 11.5 Å². The molecule has 1 aromatic rings. The van der Waals surface area contributed by atoms with E-state index in [1.807, 2.05) is 0 Å². The molecule has 0 bridgehead atoms. The second-order valence-corrected chi connectivity index (χ2v) is 8.70. The highest BCUT2D eigenvalue weighted by Crippen LogP contribution is 2.32. The Labute approximate surface area is 120 Å². The van der Waals surface area contributed by atoms with E-state index < -0.39 is 10.0 Å². The number of hydrogen-bond donors (Lipinski definition) is 2. The molecule has 0 unspecified atom stereocenters. The topological polar surface area (TPSA) is 66.4 Å². The van der Waals surface area contributed by atoms with Crippen LogP contribution in [0.25, 0.3) is 0 Å². The Balaban J connectivity index is 2.06. The Morgan fingerprint density at radius 3 is 2.67 bits per heavy atom. The van der Waals surface area contributed by atoms with E-state index in [0.29, 0.717) is 21.1 Å². The van der Waals surface area contributed by atoms with Crippen molar-refractivity contribution in [3.63, 3.8) is 0 Å². The van der Waals surface area contributed by atoms with Gasteiger partial charge in [0.15, 0.2) is 0 Å². The highest BCUT2D eigenvalue weighted by Gasteiger charge is 2.23. The maximum absolute atomic E-state index is 12.1. The molecule has 1 fully saturated rings. The first-order valence-corrected chi connectivity index (χ1v) is 9.01. The second kappa shape index (κ2) is 6.00. The van der Waals surface area contributed by atoms with Crippen LogP contribution >= 0.6 is 27.3 Å². The van der Waals surface area contributed by atoms with Crippen LogP contribution in [-0.4, -0.2) is 20.1 Å². The zero-order valence-corrected chi connectivity index (χ0v) is 13.1. The maximum Gasteiger partial charge on any atom is 0.242 e. The fraction of sp³-hybridized carbons (Fsp3) is 0.636. The van der Waals surface area contributed by atoms with Gasteiger partial charge in [-0.1, -0.05) is 12.8 Å². The number of aliphatic hydroxyl groups is 1.